The summed E-state index contributed by atoms with van der Waals surface area (Å²) in [6.07, 6.45) is 3.06. The number of rotatable bonds is 5. The van der Waals surface area contributed by atoms with Crippen molar-refractivity contribution < 1.29 is 14.3 Å². The van der Waals surface area contributed by atoms with E-state index in [1.807, 2.05) is 49.1 Å². The maximum Gasteiger partial charge on any atom is 0.229 e. The molecule has 1 amide bonds. The van der Waals surface area contributed by atoms with Crippen LogP contribution in [0.3, 0.4) is 0 Å². The van der Waals surface area contributed by atoms with Gasteiger partial charge < -0.3 is 14.4 Å². The minimum Gasteiger partial charge on any atom is -0.490 e. The van der Waals surface area contributed by atoms with Crippen LogP contribution >= 0.6 is 11.3 Å². The molecule has 3 atom stereocenters. The number of thiophene rings is 1. The summed E-state index contributed by atoms with van der Waals surface area (Å²) >= 11 is 1.66. The summed E-state index contributed by atoms with van der Waals surface area (Å²) in [6, 6.07) is 9.93. The molecule has 0 unspecified atom stereocenters. The number of carbonyl (C=O) groups is 1. The molecule has 27 heavy (non-hydrogen) atoms. The molecule has 0 spiro atoms. The highest BCUT2D eigenvalue weighted by Crippen LogP contribution is 2.47. The molecule has 1 aromatic heterocycles. The van der Waals surface area contributed by atoms with Crippen LogP contribution in [0.25, 0.3) is 0 Å². The Kier molecular flexibility index (Phi) is 4.82. The zero-order valence-electron chi connectivity index (χ0n) is 15.8. The third-order valence-electron chi connectivity index (χ3n) is 5.39. The Morgan fingerprint density at radius 3 is 2.96 bits per heavy atom. The highest BCUT2D eigenvalue weighted by atomic mass is 32.1. The van der Waals surface area contributed by atoms with Gasteiger partial charge in [-0.05, 0) is 55.1 Å². The Morgan fingerprint density at radius 1 is 1.41 bits per heavy atom. The summed E-state index contributed by atoms with van der Waals surface area (Å²) in [5, 5.41) is 4.17. The van der Waals surface area contributed by atoms with E-state index < -0.39 is 5.72 Å². The van der Waals surface area contributed by atoms with Gasteiger partial charge in [0, 0.05) is 11.5 Å². The summed E-state index contributed by atoms with van der Waals surface area (Å²) in [6.45, 7) is 8.28. The van der Waals surface area contributed by atoms with E-state index in [0.29, 0.717) is 13.0 Å². The fourth-order valence-corrected chi connectivity index (χ4v) is 4.93. The maximum absolute atomic E-state index is 13.7. The van der Waals surface area contributed by atoms with Gasteiger partial charge in [-0.1, -0.05) is 24.3 Å². The van der Waals surface area contributed by atoms with E-state index in [2.05, 4.69) is 23.4 Å². The molecule has 0 bridgehead atoms. The Bertz CT molecular complexity index is 830. The Morgan fingerprint density at radius 2 is 2.22 bits per heavy atom. The van der Waals surface area contributed by atoms with Gasteiger partial charge in [-0.15, -0.1) is 6.58 Å². The van der Waals surface area contributed by atoms with Crippen LogP contribution in [0.15, 0.2) is 53.7 Å². The summed E-state index contributed by atoms with van der Waals surface area (Å²) < 4.78 is 12.1. The smallest absolute Gasteiger partial charge is 0.229 e. The van der Waals surface area contributed by atoms with E-state index in [-0.39, 0.29) is 24.0 Å². The first-order valence-electron chi connectivity index (χ1n) is 9.36. The van der Waals surface area contributed by atoms with Gasteiger partial charge in [0.15, 0.2) is 0 Å². The summed E-state index contributed by atoms with van der Waals surface area (Å²) in [5.41, 5.74) is 1.55. The summed E-state index contributed by atoms with van der Waals surface area (Å²) in [4.78, 5) is 15.6. The average Bonchev–Trinajstić information content (AvgIpc) is 3.25. The van der Waals surface area contributed by atoms with Gasteiger partial charge in [-0.3, -0.25) is 4.79 Å². The normalized spacial score (nSPS) is 23.9. The Labute approximate surface area is 164 Å². The van der Waals surface area contributed by atoms with E-state index >= 15 is 0 Å². The van der Waals surface area contributed by atoms with Crippen LogP contribution in [0, 0.1) is 5.92 Å². The number of hydrogen-bond acceptors (Lipinski definition) is 4. The second kappa shape index (κ2) is 7.13. The van der Waals surface area contributed by atoms with Crippen molar-refractivity contribution in [2.24, 2.45) is 5.92 Å². The van der Waals surface area contributed by atoms with E-state index in [0.717, 1.165) is 17.7 Å². The topological polar surface area (TPSA) is 38.8 Å². The minimum atomic E-state index is -0.679. The molecule has 0 N–H and O–H groups in total. The van der Waals surface area contributed by atoms with E-state index in [1.54, 1.807) is 11.3 Å². The predicted molar refractivity (Wildman–Crippen MR) is 107 cm³/mol. The van der Waals surface area contributed by atoms with Gasteiger partial charge in [0.05, 0.1) is 6.04 Å². The molecule has 5 heteroatoms. The van der Waals surface area contributed by atoms with Crippen molar-refractivity contribution in [3.63, 3.8) is 0 Å². The molecule has 0 saturated carbocycles. The van der Waals surface area contributed by atoms with Gasteiger partial charge in [-0.2, -0.15) is 11.3 Å². The van der Waals surface area contributed by atoms with Crippen LogP contribution in [-0.4, -0.2) is 29.2 Å². The standard InChI is InChI=1S/C22H25NO3S/c1-4-7-16(12-15-10-11-27-14-15)21(24)23-20-17-8-5-6-9-18(17)25-13-19(20)26-22(23,2)3/h4-6,8-11,14,16,19-20H,1,7,12-13H2,2-3H3/t16-,19+,20-/m0/s1. The molecule has 1 saturated heterocycles. The van der Waals surface area contributed by atoms with Crippen LogP contribution < -0.4 is 4.74 Å². The van der Waals surface area contributed by atoms with E-state index in [1.165, 1.54) is 5.56 Å². The molecule has 4 nitrogen and oxygen atoms in total. The summed E-state index contributed by atoms with van der Waals surface area (Å²) in [5.74, 6) is 0.819. The number of benzene rings is 1. The van der Waals surface area contributed by atoms with Crippen molar-refractivity contribution in [3.05, 3.63) is 64.9 Å². The van der Waals surface area contributed by atoms with Crippen molar-refractivity contribution in [1.29, 1.82) is 0 Å². The van der Waals surface area contributed by atoms with Crippen LogP contribution in [-0.2, 0) is 16.0 Å². The molecular formula is C22H25NO3S. The quantitative estimate of drug-likeness (QED) is 0.710. The lowest BCUT2D eigenvalue weighted by atomic mass is 9.92. The highest BCUT2D eigenvalue weighted by Gasteiger charge is 2.53. The Balaban J connectivity index is 1.69. The van der Waals surface area contributed by atoms with Crippen molar-refractivity contribution in [1.82, 2.24) is 4.90 Å². The van der Waals surface area contributed by atoms with Gasteiger partial charge in [0.2, 0.25) is 5.91 Å². The zero-order chi connectivity index (χ0) is 19.0. The lowest BCUT2D eigenvalue weighted by molar-refractivity contribution is -0.152. The van der Waals surface area contributed by atoms with Gasteiger partial charge in [-0.25, -0.2) is 0 Å². The second-order valence-electron chi connectivity index (χ2n) is 7.66. The molecule has 4 rings (SSSR count). The van der Waals surface area contributed by atoms with Crippen molar-refractivity contribution in [3.8, 4) is 5.75 Å². The number of carbonyl (C=O) groups excluding carboxylic acids is 1. The molecule has 2 aromatic rings. The fraction of sp³-hybridized carbons (Fsp3) is 0.409. The van der Waals surface area contributed by atoms with Gasteiger partial charge >= 0.3 is 0 Å². The number of nitrogens with zero attached hydrogens (tertiary/aromatic N) is 1. The van der Waals surface area contributed by atoms with Crippen LogP contribution in [0.4, 0.5) is 0 Å². The largest absolute Gasteiger partial charge is 0.490 e. The lowest BCUT2D eigenvalue weighted by Crippen LogP contribution is -2.48. The zero-order valence-corrected chi connectivity index (χ0v) is 16.6. The van der Waals surface area contributed by atoms with E-state index in [4.69, 9.17) is 9.47 Å². The molecule has 1 fully saturated rings. The first kappa shape index (κ1) is 18.3. The van der Waals surface area contributed by atoms with Crippen LogP contribution in [0.2, 0.25) is 0 Å². The van der Waals surface area contributed by atoms with Crippen molar-refractivity contribution >= 4 is 17.2 Å². The number of fused-ring (bicyclic) bond motifs is 3. The van der Waals surface area contributed by atoms with Gasteiger partial charge in [0.1, 0.15) is 24.2 Å². The van der Waals surface area contributed by atoms with Crippen LogP contribution in [0.5, 0.6) is 5.75 Å². The van der Waals surface area contributed by atoms with E-state index in [9.17, 15) is 4.79 Å². The lowest BCUT2D eigenvalue weighted by Gasteiger charge is -2.37. The third kappa shape index (κ3) is 3.30. The molecule has 1 aromatic carbocycles. The monoisotopic (exact) mass is 383 g/mol. The molecule has 3 heterocycles. The first-order valence-corrected chi connectivity index (χ1v) is 10.3. The van der Waals surface area contributed by atoms with Crippen molar-refractivity contribution in [2.75, 3.05) is 6.61 Å². The number of hydrogen-bond donors (Lipinski definition) is 0. The minimum absolute atomic E-state index is 0.118. The number of allylic oxidation sites excluding steroid dienone is 1. The number of ether oxygens (including phenoxy) is 2. The second-order valence-corrected chi connectivity index (χ2v) is 8.44. The predicted octanol–water partition coefficient (Wildman–Crippen LogP) is 4.58. The SMILES string of the molecule is C=CC[C@@H](Cc1ccsc1)C(=O)N1[C@H]2c3ccccc3OC[C@H]2OC1(C)C. The molecule has 0 radical (unpaired) electrons. The number of para-hydroxylation sites is 1. The fourth-order valence-electron chi connectivity index (χ4n) is 4.25. The molecule has 2 aliphatic heterocycles. The first-order chi connectivity index (χ1) is 13.0. The average molecular weight is 384 g/mol. The molecule has 2 aliphatic rings. The molecular weight excluding hydrogens is 358 g/mol. The summed E-state index contributed by atoms with van der Waals surface area (Å²) in [7, 11) is 0. The van der Waals surface area contributed by atoms with Gasteiger partial charge in [0.25, 0.3) is 0 Å². The Hall–Kier alpha value is -2.11. The highest BCUT2D eigenvalue weighted by molar-refractivity contribution is 7.07. The molecule has 142 valence electrons. The third-order valence-corrected chi connectivity index (χ3v) is 6.12. The van der Waals surface area contributed by atoms with Crippen molar-refractivity contribution in [2.45, 2.75) is 44.6 Å². The molecule has 0 aliphatic carbocycles. The number of amides is 1. The maximum atomic E-state index is 13.7. The van der Waals surface area contributed by atoms with Crippen LogP contribution in [0.1, 0.15) is 37.4 Å².